The fraction of sp³-hybridized carbons (Fsp3) is 0.778. The van der Waals surface area contributed by atoms with Gasteiger partial charge in [0.1, 0.15) is 12.2 Å². The minimum atomic E-state index is 0.310. The van der Waals surface area contributed by atoms with E-state index in [-0.39, 0.29) is 0 Å². The van der Waals surface area contributed by atoms with Gasteiger partial charge in [0.05, 0.1) is 6.04 Å². The molecule has 0 aromatic carbocycles. The first-order valence-electron chi connectivity index (χ1n) is 4.76. The maximum absolute atomic E-state index is 4.14. The van der Waals surface area contributed by atoms with Crippen molar-refractivity contribution in [3.8, 4) is 0 Å². The summed E-state index contributed by atoms with van der Waals surface area (Å²) >= 11 is 0. The fourth-order valence-electron chi connectivity index (χ4n) is 1.30. The highest BCUT2D eigenvalue weighted by atomic mass is 15.2. The van der Waals surface area contributed by atoms with Gasteiger partial charge in [0.2, 0.25) is 0 Å². The Morgan fingerprint density at radius 1 is 1.46 bits per heavy atom. The van der Waals surface area contributed by atoms with E-state index in [2.05, 4.69) is 34.3 Å². The average Bonchev–Trinajstić information content (AvgIpc) is 2.58. The van der Waals surface area contributed by atoms with Gasteiger partial charge in [0, 0.05) is 0 Å². The highest BCUT2D eigenvalue weighted by molar-refractivity contribution is 4.90. The lowest BCUT2D eigenvalue weighted by molar-refractivity contribution is 0.451. The normalized spacial score (nSPS) is 13.5. The molecule has 1 aromatic heterocycles. The molecule has 0 radical (unpaired) electrons. The molecular formula is C9H18N4. The second kappa shape index (κ2) is 4.97. The van der Waals surface area contributed by atoms with Crippen LogP contribution in [0.25, 0.3) is 0 Å². The Hall–Kier alpha value is -0.900. The van der Waals surface area contributed by atoms with Crippen molar-refractivity contribution in [2.45, 2.75) is 32.7 Å². The first-order valence-corrected chi connectivity index (χ1v) is 4.76. The van der Waals surface area contributed by atoms with E-state index < -0.39 is 0 Å². The van der Waals surface area contributed by atoms with Gasteiger partial charge in [0.25, 0.3) is 0 Å². The van der Waals surface area contributed by atoms with Crippen LogP contribution in [0, 0.1) is 5.92 Å². The van der Waals surface area contributed by atoms with Crippen molar-refractivity contribution in [3.05, 3.63) is 12.2 Å². The van der Waals surface area contributed by atoms with Crippen LogP contribution in [0.4, 0.5) is 0 Å². The molecule has 0 aliphatic rings. The van der Waals surface area contributed by atoms with E-state index in [1.54, 1.807) is 6.33 Å². The number of H-pyrrole nitrogens is 1. The van der Waals surface area contributed by atoms with Gasteiger partial charge in [-0.15, -0.1) is 0 Å². The first-order chi connectivity index (χ1) is 6.24. The Bertz CT molecular complexity index is 218. The van der Waals surface area contributed by atoms with Crippen molar-refractivity contribution in [3.63, 3.8) is 0 Å². The van der Waals surface area contributed by atoms with Crippen molar-refractivity contribution < 1.29 is 0 Å². The highest BCUT2D eigenvalue weighted by Gasteiger charge is 2.11. The Balaban J connectivity index is 2.44. The summed E-state index contributed by atoms with van der Waals surface area (Å²) in [5.74, 6) is 1.67. The summed E-state index contributed by atoms with van der Waals surface area (Å²) in [5, 5.41) is 9.96. The molecule has 4 nitrogen and oxygen atoms in total. The highest BCUT2D eigenvalue weighted by Crippen LogP contribution is 2.16. The molecule has 0 amide bonds. The molecule has 2 N–H and O–H groups in total. The summed E-state index contributed by atoms with van der Waals surface area (Å²) in [7, 11) is 1.95. The van der Waals surface area contributed by atoms with Crippen LogP contribution < -0.4 is 5.32 Å². The summed E-state index contributed by atoms with van der Waals surface area (Å²) in [6.07, 6.45) is 3.85. The largest absolute Gasteiger partial charge is 0.310 e. The molecule has 1 atom stereocenters. The van der Waals surface area contributed by atoms with E-state index >= 15 is 0 Å². The van der Waals surface area contributed by atoms with Crippen molar-refractivity contribution in [1.29, 1.82) is 0 Å². The van der Waals surface area contributed by atoms with Crippen molar-refractivity contribution >= 4 is 0 Å². The minimum Gasteiger partial charge on any atom is -0.310 e. The monoisotopic (exact) mass is 182 g/mol. The SMILES string of the molecule is CNC(CCC(C)C)c1ncn[nH]1. The number of hydrogen-bond donors (Lipinski definition) is 2. The number of rotatable bonds is 5. The molecule has 0 spiro atoms. The summed E-state index contributed by atoms with van der Waals surface area (Å²) in [5.41, 5.74) is 0. The Kier molecular flexibility index (Phi) is 3.89. The van der Waals surface area contributed by atoms with Crippen molar-refractivity contribution in [1.82, 2.24) is 20.5 Å². The van der Waals surface area contributed by atoms with Gasteiger partial charge in [-0.25, -0.2) is 4.98 Å². The molecule has 0 aliphatic heterocycles. The quantitative estimate of drug-likeness (QED) is 0.725. The van der Waals surface area contributed by atoms with Crippen LogP contribution in [0.5, 0.6) is 0 Å². The molecule has 74 valence electrons. The van der Waals surface area contributed by atoms with Gasteiger partial charge < -0.3 is 5.32 Å². The lowest BCUT2D eigenvalue weighted by Gasteiger charge is -2.13. The molecule has 1 heterocycles. The predicted octanol–water partition coefficient (Wildman–Crippen LogP) is 1.50. The maximum Gasteiger partial charge on any atom is 0.141 e. The minimum absolute atomic E-state index is 0.310. The number of aromatic amines is 1. The summed E-state index contributed by atoms with van der Waals surface area (Å²) in [4.78, 5) is 4.14. The maximum atomic E-state index is 4.14. The van der Waals surface area contributed by atoms with E-state index in [1.807, 2.05) is 7.05 Å². The summed E-state index contributed by atoms with van der Waals surface area (Å²) < 4.78 is 0. The van der Waals surface area contributed by atoms with Gasteiger partial charge in [-0.1, -0.05) is 13.8 Å². The second-order valence-corrected chi connectivity index (χ2v) is 3.68. The lowest BCUT2D eigenvalue weighted by atomic mass is 10.0. The van der Waals surface area contributed by atoms with Gasteiger partial charge >= 0.3 is 0 Å². The third kappa shape index (κ3) is 3.14. The Morgan fingerprint density at radius 2 is 2.23 bits per heavy atom. The Labute approximate surface area is 79.2 Å². The molecule has 1 rings (SSSR count). The molecule has 1 unspecified atom stereocenters. The zero-order valence-corrected chi connectivity index (χ0v) is 8.54. The van der Waals surface area contributed by atoms with Gasteiger partial charge in [-0.2, -0.15) is 5.10 Å². The fourth-order valence-corrected chi connectivity index (χ4v) is 1.30. The third-order valence-electron chi connectivity index (χ3n) is 2.14. The Morgan fingerprint density at radius 3 is 2.69 bits per heavy atom. The molecule has 4 heteroatoms. The van der Waals surface area contributed by atoms with Crippen LogP contribution in [0.1, 0.15) is 38.6 Å². The molecule has 0 fully saturated rings. The van der Waals surface area contributed by atoms with Crippen LogP contribution in [-0.2, 0) is 0 Å². The molecule has 0 bridgehead atoms. The van der Waals surface area contributed by atoms with Crippen LogP contribution in [0.3, 0.4) is 0 Å². The summed E-state index contributed by atoms with van der Waals surface area (Å²) in [6.45, 7) is 4.46. The predicted molar refractivity (Wildman–Crippen MR) is 52.3 cm³/mol. The molecule has 1 aromatic rings. The van der Waals surface area contributed by atoms with Gasteiger partial charge in [-0.05, 0) is 25.8 Å². The molecular weight excluding hydrogens is 164 g/mol. The van der Waals surface area contributed by atoms with Gasteiger partial charge in [-0.3, -0.25) is 5.10 Å². The third-order valence-corrected chi connectivity index (χ3v) is 2.14. The number of nitrogens with zero attached hydrogens (tertiary/aromatic N) is 2. The van der Waals surface area contributed by atoms with E-state index in [1.165, 1.54) is 6.42 Å². The molecule has 0 aliphatic carbocycles. The molecule has 0 saturated heterocycles. The van der Waals surface area contributed by atoms with Crippen molar-refractivity contribution in [2.75, 3.05) is 7.05 Å². The topological polar surface area (TPSA) is 53.6 Å². The number of nitrogens with one attached hydrogen (secondary N) is 2. The summed E-state index contributed by atoms with van der Waals surface area (Å²) in [6, 6.07) is 0.310. The lowest BCUT2D eigenvalue weighted by Crippen LogP contribution is -2.18. The van der Waals surface area contributed by atoms with Crippen LogP contribution in [0.2, 0.25) is 0 Å². The standard InChI is InChI=1S/C9H18N4/c1-7(2)4-5-8(10-3)9-11-6-12-13-9/h6-8,10H,4-5H2,1-3H3,(H,11,12,13). The van der Waals surface area contributed by atoms with Gasteiger partial charge in [0.15, 0.2) is 0 Å². The average molecular weight is 182 g/mol. The van der Waals surface area contributed by atoms with E-state index in [0.717, 1.165) is 18.2 Å². The van der Waals surface area contributed by atoms with Crippen LogP contribution >= 0.6 is 0 Å². The molecule has 0 saturated carbocycles. The second-order valence-electron chi connectivity index (χ2n) is 3.68. The van der Waals surface area contributed by atoms with E-state index in [9.17, 15) is 0 Å². The zero-order chi connectivity index (χ0) is 9.68. The van der Waals surface area contributed by atoms with Crippen LogP contribution in [-0.4, -0.2) is 22.2 Å². The molecule has 13 heavy (non-hydrogen) atoms. The number of aromatic nitrogens is 3. The van der Waals surface area contributed by atoms with Crippen LogP contribution in [0.15, 0.2) is 6.33 Å². The van der Waals surface area contributed by atoms with Crippen molar-refractivity contribution in [2.24, 2.45) is 5.92 Å². The zero-order valence-electron chi connectivity index (χ0n) is 8.54. The first kappa shape index (κ1) is 10.2. The van der Waals surface area contributed by atoms with E-state index in [0.29, 0.717) is 6.04 Å². The smallest absolute Gasteiger partial charge is 0.141 e. The van der Waals surface area contributed by atoms with E-state index in [4.69, 9.17) is 0 Å². The number of hydrogen-bond acceptors (Lipinski definition) is 3.